The second kappa shape index (κ2) is 8.29. The Morgan fingerprint density at radius 1 is 1.61 bits per heavy atom. The van der Waals surface area contributed by atoms with Crippen LogP contribution < -0.4 is 5.32 Å². The SMILES string of the molecule is CCNC(=NCc1nc(-c2ccco2)n[nH]1)N1CC[C@@H](O)C1.I. The molecule has 1 aliphatic rings. The lowest BCUT2D eigenvalue weighted by atomic mass is 10.3. The number of furan rings is 1. The van der Waals surface area contributed by atoms with Crippen molar-refractivity contribution in [2.24, 2.45) is 4.99 Å². The lowest BCUT2D eigenvalue weighted by Crippen LogP contribution is -2.40. The van der Waals surface area contributed by atoms with Gasteiger partial charge in [-0.05, 0) is 25.5 Å². The molecule has 126 valence electrons. The first-order valence-electron chi connectivity index (χ1n) is 7.42. The maximum Gasteiger partial charge on any atom is 0.216 e. The Morgan fingerprint density at radius 3 is 3.13 bits per heavy atom. The van der Waals surface area contributed by atoms with E-state index >= 15 is 0 Å². The molecule has 8 nitrogen and oxygen atoms in total. The molecule has 9 heteroatoms. The molecular formula is C14H21IN6O2. The zero-order chi connectivity index (χ0) is 15.4. The summed E-state index contributed by atoms with van der Waals surface area (Å²) >= 11 is 0. The van der Waals surface area contributed by atoms with E-state index in [2.05, 4.69) is 30.4 Å². The highest BCUT2D eigenvalue weighted by molar-refractivity contribution is 14.0. The molecule has 0 amide bonds. The lowest BCUT2D eigenvalue weighted by molar-refractivity contribution is 0.188. The van der Waals surface area contributed by atoms with Crippen molar-refractivity contribution in [3.63, 3.8) is 0 Å². The molecule has 0 saturated carbocycles. The Hall–Kier alpha value is -1.62. The number of hydrogen-bond donors (Lipinski definition) is 3. The number of aromatic amines is 1. The number of hydrogen-bond acceptors (Lipinski definition) is 5. The van der Waals surface area contributed by atoms with Crippen molar-refractivity contribution in [2.75, 3.05) is 19.6 Å². The van der Waals surface area contributed by atoms with E-state index in [1.54, 1.807) is 12.3 Å². The third-order valence-corrected chi connectivity index (χ3v) is 3.45. The van der Waals surface area contributed by atoms with Crippen LogP contribution >= 0.6 is 24.0 Å². The fourth-order valence-corrected chi connectivity index (χ4v) is 2.39. The second-order valence-electron chi connectivity index (χ2n) is 5.14. The number of aliphatic hydroxyl groups excluding tert-OH is 1. The minimum Gasteiger partial charge on any atom is -0.461 e. The second-order valence-corrected chi connectivity index (χ2v) is 5.14. The third-order valence-electron chi connectivity index (χ3n) is 3.45. The molecule has 0 aliphatic carbocycles. The van der Waals surface area contributed by atoms with Gasteiger partial charge in [0.15, 0.2) is 11.7 Å². The third kappa shape index (κ3) is 4.44. The number of H-pyrrole nitrogens is 1. The molecule has 0 unspecified atom stereocenters. The van der Waals surface area contributed by atoms with Crippen molar-refractivity contribution in [1.82, 2.24) is 25.4 Å². The van der Waals surface area contributed by atoms with Crippen LogP contribution in [0.4, 0.5) is 0 Å². The molecule has 3 N–H and O–H groups in total. The molecule has 0 radical (unpaired) electrons. The van der Waals surface area contributed by atoms with E-state index in [0.717, 1.165) is 25.5 Å². The molecule has 1 atom stereocenters. The predicted octanol–water partition coefficient (Wildman–Crippen LogP) is 1.21. The average molecular weight is 432 g/mol. The lowest BCUT2D eigenvalue weighted by Gasteiger charge is -2.20. The van der Waals surface area contributed by atoms with Crippen LogP contribution in [0, 0.1) is 0 Å². The normalized spacial score (nSPS) is 18.1. The number of nitrogens with one attached hydrogen (secondary N) is 2. The maximum absolute atomic E-state index is 9.65. The van der Waals surface area contributed by atoms with Gasteiger partial charge in [0, 0.05) is 19.6 Å². The molecule has 2 aromatic heterocycles. The van der Waals surface area contributed by atoms with Gasteiger partial charge in [0.1, 0.15) is 12.4 Å². The summed E-state index contributed by atoms with van der Waals surface area (Å²) in [6, 6.07) is 3.61. The van der Waals surface area contributed by atoms with E-state index in [1.807, 2.05) is 13.0 Å². The molecule has 3 rings (SSSR count). The number of aromatic nitrogens is 3. The quantitative estimate of drug-likeness (QED) is 0.382. The summed E-state index contributed by atoms with van der Waals surface area (Å²) in [6.45, 7) is 4.61. The highest BCUT2D eigenvalue weighted by Gasteiger charge is 2.22. The Kier molecular flexibility index (Phi) is 6.39. The van der Waals surface area contributed by atoms with Crippen LogP contribution in [0.1, 0.15) is 19.2 Å². The number of β-amino-alcohol motifs (C(OH)–C–C–N with tert-alkyl or cyclic N) is 1. The average Bonchev–Trinajstić information content (AvgIpc) is 3.24. The first kappa shape index (κ1) is 17.7. The van der Waals surface area contributed by atoms with Crippen molar-refractivity contribution in [2.45, 2.75) is 26.0 Å². The molecule has 2 aromatic rings. The van der Waals surface area contributed by atoms with Gasteiger partial charge < -0.3 is 19.7 Å². The first-order chi connectivity index (χ1) is 10.8. The Bertz CT molecular complexity index is 627. The van der Waals surface area contributed by atoms with Crippen molar-refractivity contribution in [3.8, 4) is 11.6 Å². The molecule has 0 spiro atoms. The highest BCUT2D eigenvalue weighted by Crippen LogP contribution is 2.15. The monoisotopic (exact) mass is 432 g/mol. The summed E-state index contributed by atoms with van der Waals surface area (Å²) in [5.74, 6) is 2.61. The standard InChI is InChI=1S/C14H20N6O2.HI/c1-2-15-14(20-6-5-10(21)9-20)16-8-12-17-13(19-18-12)11-4-3-7-22-11;/h3-4,7,10,21H,2,5-6,8-9H2,1H3,(H,15,16)(H,17,18,19);1H/t10-;/m1./s1. The van der Waals surface area contributed by atoms with Crippen LogP contribution in [0.3, 0.4) is 0 Å². The zero-order valence-electron chi connectivity index (χ0n) is 12.9. The number of aliphatic hydroxyl groups is 1. The number of guanidine groups is 1. The van der Waals surface area contributed by atoms with Crippen molar-refractivity contribution in [1.29, 1.82) is 0 Å². The fraction of sp³-hybridized carbons (Fsp3) is 0.500. The summed E-state index contributed by atoms with van der Waals surface area (Å²) in [5, 5.41) is 19.9. The van der Waals surface area contributed by atoms with Crippen LogP contribution in [0.25, 0.3) is 11.6 Å². The number of halogens is 1. The Morgan fingerprint density at radius 2 is 2.48 bits per heavy atom. The topological polar surface area (TPSA) is 103 Å². The van der Waals surface area contributed by atoms with Crippen molar-refractivity contribution < 1.29 is 9.52 Å². The van der Waals surface area contributed by atoms with Crippen LogP contribution in [-0.4, -0.2) is 56.9 Å². The summed E-state index contributed by atoms with van der Waals surface area (Å²) in [5.41, 5.74) is 0. The maximum atomic E-state index is 9.65. The van der Waals surface area contributed by atoms with E-state index in [0.29, 0.717) is 30.5 Å². The summed E-state index contributed by atoms with van der Waals surface area (Å²) in [6.07, 6.45) is 2.08. The highest BCUT2D eigenvalue weighted by atomic mass is 127. The van der Waals surface area contributed by atoms with Crippen LogP contribution in [0.5, 0.6) is 0 Å². The van der Waals surface area contributed by atoms with Gasteiger partial charge in [-0.2, -0.15) is 0 Å². The van der Waals surface area contributed by atoms with E-state index in [9.17, 15) is 5.11 Å². The Labute approximate surface area is 151 Å². The smallest absolute Gasteiger partial charge is 0.216 e. The van der Waals surface area contributed by atoms with Gasteiger partial charge in [0.25, 0.3) is 0 Å². The van der Waals surface area contributed by atoms with Crippen molar-refractivity contribution in [3.05, 3.63) is 24.2 Å². The molecule has 3 heterocycles. The van der Waals surface area contributed by atoms with Gasteiger partial charge in [-0.3, -0.25) is 5.10 Å². The van der Waals surface area contributed by atoms with Gasteiger partial charge >= 0.3 is 0 Å². The van der Waals surface area contributed by atoms with Gasteiger partial charge in [-0.25, -0.2) is 9.98 Å². The molecule has 0 bridgehead atoms. The number of nitrogens with zero attached hydrogens (tertiary/aromatic N) is 4. The Balaban J connectivity index is 0.00000192. The summed E-state index contributed by atoms with van der Waals surface area (Å²) < 4.78 is 5.26. The first-order valence-corrected chi connectivity index (χ1v) is 7.42. The summed E-state index contributed by atoms with van der Waals surface area (Å²) in [7, 11) is 0. The van der Waals surface area contributed by atoms with Gasteiger partial charge in [0.05, 0.1) is 12.4 Å². The number of rotatable bonds is 4. The van der Waals surface area contributed by atoms with E-state index in [4.69, 9.17) is 4.42 Å². The zero-order valence-corrected chi connectivity index (χ0v) is 15.2. The minimum absolute atomic E-state index is 0. The van der Waals surface area contributed by atoms with Crippen LogP contribution in [-0.2, 0) is 6.54 Å². The van der Waals surface area contributed by atoms with Gasteiger partial charge in [0.2, 0.25) is 5.82 Å². The fourth-order valence-electron chi connectivity index (χ4n) is 2.39. The van der Waals surface area contributed by atoms with E-state index < -0.39 is 0 Å². The van der Waals surface area contributed by atoms with Crippen molar-refractivity contribution >= 4 is 29.9 Å². The van der Waals surface area contributed by atoms with Gasteiger partial charge in [-0.15, -0.1) is 29.1 Å². The van der Waals surface area contributed by atoms with Gasteiger partial charge in [-0.1, -0.05) is 0 Å². The van der Waals surface area contributed by atoms with E-state index in [1.165, 1.54) is 0 Å². The molecule has 1 fully saturated rings. The minimum atomic E-state index is -0.278. The van der Waals surface area contributed by atoms with Crippen LogP contribution in [0.15, 0.2) is 27.8 Å². The van der Waals surface area contributed by atoms with E-state index in [-0.39, 0.29) is 30.1 Å². The van der Waals surface area contributed by atoms with Crippen LogP contribution in [0.2, 0.25) is 0 Å². The molecular weight excluding hydrogens is 411 g/mol. The molecule has 1 saturated heterocycles. The molecule has 1 aliphatic heterocycles. The summed E-state index contributed by atoms with van der Waals surface area (Å²) in [4.78, 5) is 11.0. The largest absolute Gasteiger partial charge is 0.461 e. The molecule has 23 heavy (non-hydrogen) atoms. The predicted molar refractivity (Wildman–Crippen MR) is 96.5 cm³/mol. The number of likely N-dealkylation sites (tertiary alicyclic amines) is 1. The molecule has 0 aromatic carbocycles. The number of aliphatic imine (C=N–C) groups is 1.